The number of hydrogen-bond acceptors (Lipinski definition) is 3. The van der Waals surface area contributed by atoms with Crippen molar-refractivity contribution in [3.8, 4) is 0 Å². The van der Waals surface area contributed by atoms with E-state index in [9.17, 15) is 18.4 Å². The van der Waals surface area contributed by atoms with Crippen LogP contribution in [0.15, 0.2) is 24.4 Å². The summed E-state index contributed by atoms with van der Waals surface area (Å²) in [5.74, 6) is -0.768. The normalized spacial score (nSPS) is 19.3. The summed E-state index contributed by atoms with van der Waals surface area (Å²) in [7, 11) is 0. The van der Waals surface area contributed by atoms with E-state index in [1.54, 1.807) is 18.0 Å². The highest BCUT2D eigenvalue weighted by Gasteiger charge is 2.36. The Morgan fingerprint density at radius 1 is 1.21 bits per heavy atom. The first-order valence-corrected chi connectivity index (χ1v) is 9.98. The average molecular weight is 402 g/mol. The van der Waals surface area contributed by atoms with Gasteiger partial charge in [-0.1, -0.05) is 0 Å². The lowest BCUT2D eigenvalue weighted by atomic mass is 9.96. The molecule has 0 bridgehead atoms. The Morgan fingerprint density at radius 3 is 2.76 bits per heavy atom. The zero-order chi connectivity index (χ0) is 20.5. The number of rotatable bonds is 5. The molecule has 1 atom stereocenters. The number of carbonyl (C=O) groups excluding carboxylic acids is 2. The summed E-state index contributed by atoms with van der Waals surface area (Å²) in [6.07, 6.45) is 4.98. The molecule has 1 aliphatic heterocycles. The zero-order valence-electron chi connectivity index (χ0n) is 16.3. The molecule has 0 radical (unpaired) electrons. The fourth-order valence-corrected chi connectivity index (χ4v) is 3.79. The van der Waals surface area contributed by atoms with E-state index in [1.165, 1.54) is 4.68 Å². The second-order valence-corrected chi connectivity index (χ2v) is 7.96. The quantitative estimate of drug-likeness (QED) is 0.836. The van der Waals surface area contributed by atoms with Crippen LogP contribution in [0, 0.1) is 30.4 Å². The maximum absolute atomic E-state index is 14.0. The van der Waals surface area contributed by atoms with Gasteiger partial charge >= 0.3 is 0 Å². The van der Waals surface area contributed by atoms with Crippen molar-refractivity contribution in [2.45, 2.75) is 39.2 Å². The molecule has 2 fully saturated rings. The molecule has 1 saturated carbocycles. The fraction of sp³-hybridized carbons (Fsp3) is 0.476. The van der Waals surface area contributed by atoms with E-state index in [0.717, 1.165) is 43.0 Å². The smallest absolute Gasteiger partial charge is 0.230 e. The highest BCUT2D eigenvalue weighted by Crippen LogP contribution is 2.32. The monoisotopic (exact) mass is 402 g/mol. The molecule has 1 unspecified atom stereocenters. The fourth-order valence-electron chi connectivity index (χ4n) is 3.79. The molecule has 1 aromatic heterocycles. The molecule has 0 spiro atoms. The molecule has 6 nitrogen and oxygen atoms in total. The summed E-state index contributed by atoms with van der Waals surface area (Å²) in [5.41, 5.74) is 0.888. The maximum Gasteiger partial charge on any atom is 0.230 e. The molecule has 2 aromatic rings. The molecule has 2 amide bonds. The van der Waals surface area contributed by atoms with Crippen LogP contribution in [0.25, 0.3) is 0 Å². The Hall–Kier alpha value is -2.77. The standard InChI is InChI=1S/C21H24F2N4O2/c1-13-10-24-27(12-16-9-17(22)6-7-18(16)23)19(13)25-20(28)15-3-2-8-26(11-15)21(29)14-4-5-14/h6-7,9-10,14-15H,2-5,8,11-12H2,1H3,(H,25,28). The number of amides is 2. The van der Waals surface area contributed by atoms with Crippen molar-refractivity contribution in [3.05, 3.63) is 47.2 Å². The van der Waals surface area contributed by atoms with Gasteiger partial charge in [0, 0.05) is 30.1 Å². The van der Waals surface area contributed by atoms with Crippen molar-refractivity contribution in [1.29, 1.82) is 0 Å². The van der Waals surface area contributed by atoms with Gasteiger partial charge in [-0.2, -0.15) is 5.10 Å². The van der Waals surface area contributed by atoms with Gasteiger partial charge in [0.15, 0.2) is 0 Å². The van der Waals surface area contributed by atoms with Crippen molar-refractivity contribution in [3.63, 3.8) is 0 Å². The van der Waals surface area contributed by atoms with Gasteiger partial charge in [-0.25, -0.2) is 13.5 Å². The topological polar surface area (TPSA) is 67.2 Å². The third-order valence-corrected chi connectivity index (χ3v) is 5.62. The molecular weight excluding hydrogens is 378 g/mol. The van der Waals surface area contributed by atoms with Crippen LogP contribution >= 0.6 is 0 Å². The summed E-state index contributed by atoms with van der Waals surface area (Å²) >= 11 is 0. The van der Waals surface area contributed by atoms with Gasteiger partial charge < -0.3 is 10.2 Å². The van der Waals surface area contributed by atoms with E-state index in [4.69, 9.17) is 0 Å². The van der Waals surface area contributed by atoms with Crippen molar-refractivity contribution in [2.75, 3.05) is 18.4 Å². The molecule has 1 aliphatic carbocycles. The number of likely N-dealkylation sites (tertiary alicyclic amines) is 1. The van der Waals surface area contributed by atoms with Crippen molar-refractivity contribution in [1.82, 2.24) is 14.7 Å². The third kappa shape index (κ3) is 4.31. The minimum Gasteiger partial charge on any atom is -0.342 e. The molecular formula is C21H24F2N4O2. The first kappa shape index (κ1) is 19.5. The minimum absolute atomic E-state index is 0.00397. The van der Waals surface area contributed by atoms with Crippen molar-refractivity contribution < 1.29 is 18.4 Å². The van der Waals surface area contributed by atoms with E-state index in [2.05, 4.69) is 10.4 Å². The summed E-state index contributed by atoms with van der Waals surface area (Å²) in [6.45, 7) is 2.93. The Bertz CT molecular complexity index is 939. The largest absolute Gasteiger partial charge is 0.342 e. The van der Waals surface area contributed by atoms with Crippen LogP contribution in [0.5, 0.6) is 0 Å². The summed E-state index contributed by atoms with van der Waals surface area (Å²) in [5, 5.41) is 7.10. The summed E-state index contributed by atoms with van der Waals surface area (Å²) in [6, 6.07) is 3.26. The van der Waals surface area contributed by atoms with Gasteiger partial charge in [-0.05, 0) is 50.8 Å². The Balaban J connectivity index is 1.46. The second kappa shape index (κ2) is 7.93. The number of anilines is 1. The van der Waals surface area contributed by atoms with Crippen LogP contribution in [0.4, 0.5) is 14.6 Å². The van der Waals surface area contributed by atoms with Crippen LogP contribution in [0.3, 0.4) is 0 Å². The first-order valence-electron chi connectivity index (χ1n) is 9.98. The number of nitrogens with one attached hydrogen (secondary N) is 1. The third-order valence-electron chi connectivity index (χ3n) is 5.62. The van der Waals surface area contributed by atoms with E-state index in [-0.39, 0.29) is 35.8 Å². The zero-order valence-corrected chi connectivity index (χ0v) is 16.3. The Labute approximate surface area is 167 Å². The van der Waals surface area contributed by atoms with E-state index in [0.29, 0.717) is 25.3 Å². The summed E-state index contributed by atoms with van der Waals surface area (Å²) in [4.78, 5) is 27.0. The number of hydrogen-bond donors (Lipinski definition) is 1. The SMILES string of the molecule is Cc1cnn(Cc2cc(F)ccc2F)c1NC(=O)C1CCCN(C(=O)C2CC2)C1. The number of aromatic nitrogens is 2. The first-order chi connectivity index (χ1) is 13.9. The van der Waals surface area contributed by atoms with E-state index in [1.807, 2.05) is 0 Å². The Morgan fingerprint density at radius 2 is 2.00 bits per heavy atom. The predicted molar refractivity (Wildman–Crippen MR) is 103 cm³/mol. The van der Waals surface area contributed by atoms with Gasteiger partial charge in [-0.3, -0.25) is 9.59 Å². The molecule has 1 aromatic carbocycles. The van der Waals surface area contributed by atoms with E-state index < -0.39 is 11.6 Å². The lowest BCUT2D eigenvalue weighted by molar-refractivity contribution is -0.135. The number of nitrogens with zero attached hydrogens (tertiary/aromatic N) is 3. The predicted octanol–water partition coefficient (Wildman–Crippen LogP) is 3.11. The second-order valence-electron chi connectivity index (χ2n) is 7.96. The number of carbonyl (C=O) groups is 2. The molecule has 4 rings (SSSR count). The number of benzene rings is 1. The van der Waals surface area contributed by atoms with Crippen LogP contribution in [0.2, 0.25) is 0 Å². The maximum atomic E-state index is 14.0. The molecule has 29 heavy (non-hydrogen) atoms. The van der Waals surface area contributed by atoms with Gasteiger partial charge in [0.05, 0.1) is 18.7 Å². The summed E-state index contributed by atoms with van der Waals surface area (Å²) < 4.78 is 28.9. The van der Waals surface area contributed by atoms with E-state index >= 15 is 0 Å². The van der Waals surface area contributed by atoms with Crippen LogP contribution < -0.4 is 5.32 Å². The van der Waals surface area contributed by atoms with Gasteiger partial charge in [0.2, 0.25) is 11.8 Å². The lowest BCUT2D eigenvalue weighted by Gasteiger charge is -2.32. The molecule has 2 heterocycles. The lowest BCUT2D eigenvalue weighted by Crippen LogP contribution is -2.44. The molecule has 1 saturated heterocycles. The number of halogens is 2. The average Bonchev–Trinajstić information content (AvgIpc) is 3.51. The molecule has 154 valence electrons. The number of piperidine rings is 1. The Kier molecular flexibility index (Phi) is 5.34. The van der Waals surface area contributed by atoms with Crippen molar-refractivity contribution in [2.24, 2.45) is 11.8 Å². The van der Waals surface area contributed by atoms with Crippen molar-refractivity contribution >= 4 is 17.6 Å². The molecule has 8 heteroatoms. The number of aryl methyl sites for hydroxylation is 1. The highest BCUT2D eigenvalue weighted by atomic mass is 19.1. The molecule has 1 N–H and O–H groups in total. The molecule has 2 aliphatic rings. The van der Waals surface area contributed by atoms with Crippen LogP contribution in [-0.2, 0) is 16.1 Å². The van der Waals surface area contributed by atoms with Gasteiger partial charge in [0.1, 0.15) is 17.5 Å². The van der Waals surface area contributed by atoms with Gasteiger partial charge in [-0.15, -0.1) is 0 Å². The van der Waals surface area contributed by atoms with Crippen LogP contribution in [0.1, 0.15) is 36.8 Å². The minimum atomic E-state index is -0.529. The van der Waals surface area contributed by atoms with Crippen LogP contribution in [-0.4, -0.2) is 39.6 Å². The van der Waals surface area contributed by atoms with Gasteiger partial charge in [0.25, 0.3) is 0 Å². The highest BCUT2D eigenvalue weighted by molar-refractivity contribution is 5.93.